The lowest BCUT2D eigenvalue weighted by molar-refractivity contribution is 0.414. The Labute approximate surface area is 168 Å². The molecule has 0 atom stereocenters. The maximum Gasteiger partial charge on any atom is 0.261 e. The van der Waals surface area contributed by atoms with E-state index in [1.165, 1.54) is 19.2 Å². The Morgan fingerprint density at radius 1 is 0.897 bits per heavy atom. The van der Waals surface area contributed by atoms with Crippen molar-refractivity contribution in [2.45, 2.75) is 4.90 Å². The molecule has 0 saturated carbocycles. The molecule has 1 aromatic heterocycles. The van der Waals surface area contributed by atoms with Crippen LogP contribution in [-0.4, -0.2) is 25.7 Å². The highest BCUT2D eigenvalue weighted by atomic mass is 32.2. The second kappa shape index (κ2) is 7.76. The van der Waals surface area contributed by atoms with Crippen LogP contribution in [0.3, 0.4) is 0 Å². The molecule has 4 rings (SSSR count). The summed E-state index contributed by atoms with van der Waals surface area (Å²) in [7, 11) is -2.23. The number of rotatable bonds is 6. The Morgan fingerprint density at radius 2 is 1.62 bits per heavy atom. The van der Waals surface area contributed by atoms with Crippen molar-refractivity contribution in [1.29, 1.82) is 0 Å². The fraction of sp³-hybridized carbons (Fsp3) is 0.0476. The summed E-state index contributed by atoms with van der Waals surface area (Å²) in [4.78, 5) is 4.53. The summed E-state index contributed by atoms with van der Waals surface area (Å²) in [5.74, 6) is 1.34. The number of aromatic nitrogens is 2. The summed E-state index contributed by atoms with van der Waals surface area (Å²) in [5, 5.41) is 3.99. The minimum atomic E-state index is -3.75. The highest BCUT2D eigenvalue weighted by molar-refractivity contribution is 7.92. The Balaban J connectivity index is 1.58. The van der Waals surface area contributed by atoms with Gasteiger partial charge in [0, 0.05) is 16.8 Å². The number of anilines is 1. The van der Waals surface area contributed by atoms with Gasteiger partial charge in [-0.3, -0.25) is 4.72 Å². The number of nitrogens with one attached hydrogen (secondary N) is 1. The first-order chi connectivity index (χ1) is 14.0. The Kier molecular flexibility index (Phi) is 5.01. The number of hydrogen-bond acceptors (Lipinski definition) is 6. The van der Waals surface area contributed by atoms with Crippen LogP contribution in [0.2, 0.25) is 0 Å². The largest absolute Gasteiger partial charge is 0.497 e. The molecule has 146 valence electrons. The van der Waals surface area contributed by atoms with E-state index < -0.39 is 10.0 Å². The van der Waals surface area contributed by atoms with Gasteiger partial charge in [0.1, 0.15) is 5.75 Å². The zero-order valence-electron chi connectivity index (χ0n) is 15.4. The van der Waals surface area contributed by atoms with Crippen molar-refractivity contribution in [1.82, 2.24) is 10.1 Å². The molecule has 0 aliphatic heterocycles. The first-order valence-corrected chi connectivity index (χ1v) is 10.2. The number of benzene rings is 3. The Bertz CT molecular complexity index is 1220. The Hall–Kier alpha value is -3.65. The highest BCUT2D eigenvalue weighted by Gasteiger charge is 2.16. The van der Waals surface area contributed by atoms with Gasteiger partial charge in [-0.1, -0.05) is 41.6 Å². The molecular formula is C21H17N3O4S. The quantitative estimate of drug-likeness (QED) is 0.514. The van der Waals surface area contributed by atoms with Crippen molar-refractivity contribution < 1.29 is 17.7 Å². The molecule has 0 aliphatic carbocycles. The van der Waals surface area contributed by atoms with Gasteiger partial charge < -0.3 is 9.26 Å². The van der Waals surface area contributed by atoms with Gasteiger partial charge in [0.15, 0.2) is 0 Å². The molecule has 1 N–H and O–H groups in total. The van der Waals surface area contributed by atoms with Crippen LogP contribution in [0.15, 0.2) is 88.3 Å². The molecule has 0 aliphatic rings. The summed E-state index contributed by atoms with van der Waals surface area (Å²) >= 11 is 0. The van der Waals surface area contributed by atoms with Crippen molar-refractivity contribution in [3.63, 3.8) is 0 Å². The monoisotopic (exact) mass is 407 g/mol. The lowest BCUT2D eigenvalue weighted by Gasteiger charge is -2.09. The molecule has 0 spiro atoms. The van der Waals surface area contributed by atoms with E-state index in [-0.39, 0.29) is 4.90 Å². The van der Waals surface area contributed by atoms with Crippen LogP contribution in [0.25, 0.3) is 22.8 Å². The molecule has 0 fully saturated rings. The van der Waals surface area contributed by atoms with Crippen LogP contribution in [-0.2, 0) is 10.0 Å². The standard InChI is InChI=1S/C21H17N3O4S/c1-27-18-10-12-19(13-11-18)29(25,26)24-17-9-5-8-16(14-17)21-22-20(23-28-21)15-6-3-2-4-7-15/h2-14,24H,1H3. The van der Waals surface area contributed by atoms with Gasteiger partial charge in [-0.25, -0.2) is 8.42 Å². The summed E-state index contributed by atoms with van der Waals surface area (Å²) < 4.78 is 38.2. The maximum atomic E-state index is 12.6. The molecule has 7 nitrogen and oxygen atoms in total. The van der Waals surface area contributed by atoms with E-state index in [2.05, 4.69) is 14.9 Å². The van der Waals surface area contributed by atoms with Crippen LogP contribution in [0.1, 0.15) is 0 Å². The zero-order chi connectivity index (χ0) is 20.3. The fourth-order valence-electron chi connectivity index (χ4n) is 2.73. The molecule has 1 heterocycles. The van der Waals surface area contributed by atoms with E-state index >= 15 is 0 Å². The molecule has 4 aromatic rings. The predicted octanol–water partition coefficient (Wildman–Crippen LogP) is 4.21. The first-order valence-electron chi connectivity index (χ1n) is 8.71. The molecule has 8 heteroatoms. The average molecular weight is 407 g/mol. The molecule has 3 aromatic carbocycles. The summed E-state index contributed by atoms with van der Waals surface area (Å²) in [5.41, 5.74) is 1.83. The van der Waals surface area contributed by atoms with E-state index in [9.17, 15) is 8.42 Å². The first kappa shape index (κ1) is 18.7. The lowest BCUT2D eigenvalue weighted by Crippen LogP contribution is -2.12. The zero-order valence-corrected chi connectivity index (χ0v) is 16.3. The molecule has 0 saturated heterocycles. The van der Waals surface area contributed by atoms with Crippen molar-refractivity contribution in [3.8, 4) is 28.6 Å². The smallest absolute Gasteiger partial charge is 0.261 e. The summed E-state index contributed by atoms with van der Waals surface area (Å²) in [6.07, 6.45) is 0. The SMILES string of the molecule is COc1ccc(S(=O)(=O)Nc2cccc(-c3nc(-c4ccccc4)no3)c2)cc1. The predicted molar refractivity (Wildman–Crippen MR) is 109 cm³/mol. The molecule has 29 heavy (non-hydrogen) atoms. The Morgan fingerprint density at radius 3 is 2.34 bits per heavy atom. The van der Waals surface area contributed by atoms with Gasteiger partial charge >= 0.3 is 0 Å². The van der Waals surface area contributed by atoms with Crippen molar-refractivity contribution in [2.75, 3.05) is 11.8 Å². The number of ether oxygens (including phenoxy) is 1. The van der Waals surface area contributed by atoms with Crippen LogP contribution >= 0.6 is 0 Å². The second-order valence-corrected chi connectivity index (χ2v) is 7.83. The number of hydrogen-bond donors (Lipinski definition) is 1. The van der Waals surface area contributed by atoms with E-state index in [1.54, 1.807) is 36.4 Å². The van der Waals surface area contributed by atoms with Gasteiger partial charge in [-0.2, -0.15) is 4.98 Å². The third kappa shape index (κ3) is 4.12. The van der Waals surface area contributed by atoms with Gasteiger partial charge in [0.2, 0.25) is 5.82 Å². The molecule has 0 amide bonds. The van der Waals surface area contributed by atoms with Crippen LogP contribution in [0.5, 0.6) is 5.75 Å². The van der Waals surface area contributed by atoms with Gasteiger partial charge in [-0.15, -0.1) is 0 Å². The van der Waals surface area contributed by atoms with Gasteiger partial charge in [0.25, 0.3) is 15.9 Å². The molecule has 0 radical (unpaired) electrons. The van der Waals surface area contributed by atoms with Crippen LogP contribution in [0.4, 0.5) is 5.69 Å². The minimum absolute atomic E-state index is 0.132. The molecule has 0 bridgehead atoms. The molecule has 0 unspecified atom stereocenters. The van der Waals surface area contributed by atoms with Crippen LogP contribution in [0, 0.1) is 0 Å². The summed E-state index contributed by atoms with van der Waals surface area (Å²) in [6, 6.07) is 22.4. The van der Waals surface area contributed by atoms with E-state index in [1.807, 2.05) is 30.3 Å². The number of sulfonamides is 1. The lowest BCUT2D eigenvalue weighted by atomic mass is 10.2. The van der Waals surface area contributed by atoms with Crippen molar-refractivity contribution in [3.05, 3.63) is 78.9 Å². The highest BCUT2D eigenvalue weighted by Crippen LogP contribution is 2.26. The van der Waals surface area contributed by atoms with Gasteiger partial charge in [0.05, 0.1) is 12.0 Å². The normalized spacial score (nSPS) is 11.2. The van der Waals surface area contributed by atoms with Crippen molar-refractivity contribution in [2.24, 2.45) is 0 Å². The number of nitrogens with zero attached hydrogens (tertiary/aromatic N) is 2. The van der Waals surface area contributed by atoms with E-state index in [0.717, 1.165) is 5.56 Å². The minimum Gasteiger partial charge on any atom is -0.497 e. The van der Waals surface area contributed by atoms with Crippen molar-refractivity contribution >= 4 is 15.7 Å². The third-order valence-corrected chi connectivity index (χ3v) is 5.59. The van der Waals surface area contributed by atoms with E-state index in [4.69, 9.17) is 9.26 Å². The second-order valence-electron chi connectivity index (χ2n) is 6.15. The average Bonchev–Trinajstić information content (AvgIpc) is 3.25. The topological polar surface area (TPSA) is 94.3 Å². The summed E-state index contributed by atoms with van der Waals surface area (Å²) in [6.45, 7) is 0. The van der Waals surface area contributed by atoms with Crippen LogP contribution < -0.4 is 9.46 Å². The maximum absolute atomic E-state index is 12.6. The van der Waals surface area contributed by atoms with Gasteiger partial charge in [-0.05, 0) is 42.5 Å². The molecular weight excluding hydrogens is 390 g/mol. The van der Waals surface area contributed by atoms with E-state index in [0.29, 0.717) is 28.7 Å². The fourth-order valence-corrected chi connectivity index (χ4v) is 3.78. The third-order valence-electron chi connectivity index (χ3n) is 4.19. The number of methoxy groups -OCH3 is 1.